The Bertz CT molecular complexity index is 1070. The van der Waals surface area contributed by atoms with Crippen LogP contribution in [0.2, 0.25) is 10.0 Å². The molecule has 0 radical (unpaired) electrons. The smallest absolute Gasteiger partial charge is 0.338 e. The molecule has 32 heavy (non-hydrogen) atoms. The third-order valence-corrected chi connectivity index (χ3v) is 5.90. The zero-order chi connectivity index (χ0) is 23.1. The molecule has 3 rings (SSSR count). The van der Waals surface area contributed by atoms with E-state index in [4.69, 9.17) is 37.4 Å². The van der Waals surface area contributed by atoms with E-state index in [1.165, 1.54) is 0 Å². The molecule has 0 unspecified atom stereocenters. The standard InChI is InChI=1S/C24H22BrCl2NO4/c1-3-31-24(29)16-7-9-17(10-8-16)28-13-15-11-19(25)23(22(12-15)30-2)32-14-18-20(26)5-4-6-21(18)27/h4-12,28H,3,13-14H2,1-2H3. The van der Waals surface area contributed by atoms with E-state index in [0.29, 0.717) is 45.8 Å². The quantitative estimate of drug-likeness (QED) is 0.293. The van der Waals surface area contributed by atoms with Crippen molar-refractivity contribution in [3.63, 3.8) is 0 Å². The molecule has 0 saturated heterocycles. The number of carbonyl (C=O) groups excluding carboxylic acids is 1. The van der Waals surface area contributed by atoms with Gasteiger partial charge in [0.15, 0.2) is 11.5 Å². The maximum atomic E-state index is 11.8. The van der Waals surface area contributed by atoms with Crippen molar-refractivity contribution in [1.29, 1.82) is 0 Å². The summed E-state index contributed by atoms with van der Waals surface area (Å²) in [5, 5.41) is 4.41. The van der Waals surface area contributed by atoms with Crippen LogP contribution in [0.1, 0.15) is 28.4 Å². The minimum atomic E-state index is -0.332. The number of benzene rings is 3. The van der Waals surface area contributed by atoms with Crippen LogP contribution in [0, 0.1) is 0 Å². The SMILES string of the molecule is CCOC(=O)c1ccc(NCc2cc(Br)c(OCc3c(Cl)cccc3Cl)c(OC)c2)cc1. The molecule has 0 saturated carbocycles. The van der Waals surface area contributed by atoms with Crippen LogP contribution in [0.5, 0.6) is 11.5 Å². The molecule has 0 fully saturated rings. The van der Waals surface area contributed by atoms with Gasteiger partial charge in [0, 0.05) is 27.8 Å². The second kappa shape index (κ2) is 11.5. The van der Waals surface area contributed by atoms with Gasteiger partial charge in [0.2, 0.25) is 0 Å². The fraction of sp³-hybridized carbons (Fsp3) is 0.208. The van der Waals surface area contributed by atoms with Gasteiger partial charge in [-0.25, -0.2) is 4.79 Å². The number of hydrogen-bond acceptors (Lipinski definition) is 5. The van der Waals surface area contributed by atoms with Gasteiger partial charge in [0.25, 0.3) is 0 Å². The first-order valence-corrected chi connectivity index (χ1v) is 11.4. The molecule has 5 nitrogen and oxygen atoms in total. The lowest BCUT2D eigenvalue weighted by Gasteiger charge is -2.16. The van der Waals surface area contributed by atoms with Gasteiger partial charge in [-0.2, -0.15) is 0 Å². The summed E-state index contributed by atoms with van der Waals surface area (Å²) in [5.41, 5.74) is 3.08. The third-order valence-electron chi connectivity index (χ3n) is 4.60. The van der Waals surface area contributed by atoms with Crippen molar-refractivity contribution < 1.29 is 19.0 Å². The van der Waals surface area contributed by atoms with Crippen LogP contribution < -0.4 is 14.8 Å². The van der Waals surface area contributed by atoms with E-state index in [1.807, 2.05) is 24.3 Å². The molecule has 1 N–H and O–H groups in total. The molecular formula is C24H22BrCl2NO4. The van der Waals surface area contributed by atoms with Crippen molar-refractivity contribution in [1.82, 2.24) is 0 Å². The molecule has 0 spiro atoms. The van der Waals surface area contributed by atoms with E-state index in [-0.39, 0.29) is 12.6 Å². The summed E-state index contributed by atoms with van der Waals surface area (Å²) in [7, 11) is 1.59. The number of rotatable bonds is 9. The maximum Gasteiger partial charge on any atom is 0.338 e. The molecule has 3 aromatic rings. The van der Waals surface area contributed by atoms with Gasteiger partial charge >= 0.3 is 5.97 Å². The predicted octanol–water partition coefficient (Wildman–Crippen LogP) is 7.13. The topological polar surface area (TPSA) is 56.8 Å². The summed E-state index contributed by atoms with van der Waals surface area (Å²) < 4.78 is 17.3. The van der Waals surface area contributed by atoms with E-state index in [1.54, 1.807) is 44.4 Å². The van der Waals surface area contributed by atoms with Crippen molar-refractivity contribution in [3.05, 3.63) is 85.8 Å². The Kier molecular flexibility index (Phi) is 8.67. The highest BCUT2D eigenvalue weighted by Gasteiger charge is 2.14. The summed E-state index contributed by atoms with van der Waals surface area (Å²) >= 11 is 16.0. The number of hydrogen-bond donors (Lipinski definition) is 1. The molecule has 0 aliphatic carbocycles. The first kappa shape index (κ1) is 24.2. The highest BCUT2D eigenvalue weighted by molar-refractivity contribution is 9.10. The number of halogens is 3. The lowest BCUT2D eigenvalue weighted by atomic mass is 10.1. The molecular weight excluding hydrogens is 517 g/mol. The third kappa shape index (κ3) is 6.09. The lowest BCUT2D eigenvalue weighted by Crippen LogP contribution is -2.05. The predicted molar refractivity (Wildman–Crippen MR) is 131 cm³/mol. The second-order valence-electron chi connectivity index (χ2n) is 6.75. The molecule has 3 aromatic carbocycles. The van der Waals surface area contributed by atoms with E-state index in [9.17, 15) is 4.79 Å². The zero-order valence-corrected chi connectivity index (χ0v) is 20.7. The molecule has 0 atom stereocenters. The van der Waals surface area contributed by atoms with E-state index >= 15 is 0 Å². The Hall–Kier alpha value is -2.41. The Balaban J connectivity index is 1.69. The Morgan fingerprint density at radius 2 is 1.75 bits per heavy atom. The highest BCUT2D eigenvalue weighted by Crippen LogP contribution is 2.38. The highest BCUT2D eigenvalue weighted by atomic mass is 79.9. The van der Waals surface area contributed by atoms with Crippen LogP contribution in [0.25, 0.3) is 0 Å². The summed E-state index contributed by atoms with van der Waals surface area (Å²) in [5.74, 6) is 0.810. The molecule has 0 heterocycles. The number of carbonyl (C=O) groups is 1. The summed E-state index contributed by atoms with van der Waals surface area (Å²) in [6.07, 6.45) is 0. The first-order valence-electron chi connectivity index (χ1n) is 9.86. The molecule has 168 valence electrons. The molecule has 0 aliphatic rings. The van der Waals surface area contributed by atoms with E-state index < -0.39 is 0 Å². The van der Waals surface area contributed by atoms with Crippen molar-refractivity contribution in [2.45, 2.75) is 20.1 Å². The average Bonchev–Trinajstić information content (AvgIpc) is 2.78. The molecule has 0 bridgehead atoms. The van der Waals surface area contributed by atoms with Crippen LogP contribution in [0.15, 0.2) is 59.1 Å². The van der Waals surface area contributed by atoms with Crippen LogP contribution in [-0.2, 0) is 17.9 Å². The van der Waals surface area contributed by atoms with E-state index in [2.05, 4.69) is 21.2 Å². The fourth-order valence-electron chi connectivity index (χ4n) is 2.97. The summed E-state index contributed by atoms with van der Waals surface area (Å²) in [6.45, 7) is 2.88. The maximum absolute atomic E-state index is 11.8. The van der Waals surface area contributed by atoms with Crippen molar-refractivity contribution >= 4 is 50.8 Å². The van der Waals surface area contributed by atoms with E-state index in [0.717, 1.165) is 15.7 Å². The Morgan fingerprint density at radius 3 is 2.38 bits per heavy atom. The van der Waals surface area contributed by atoms with Gasteiger partial charge in [-0.1, -0.05) is 29.3 Å². The van der Waals surface area contributed by atoms with Crippen LogP contribution in [0.4, 0.5) is 5.69 Å². The Labute approximate surface area is 205 Å². The fourth-order valence-corrected chi connectivity index (χ4v) is 4.08. The number of nitrogens with one attached hydrogen (secondary N) is 1. The van der Waals surface area contributed by atoms with Gasteiger partial charge in [-0.3, -0.25) is 0 Å². The second-order valence-corrected chi connectivity index (χ2v) is 8.42. The van der Waals surface area contributed by atoms with Crippen LogP contribution in [0.3, 0.4) is 0 Å². The Morgan fingerprint density at radius 1 is 1.06 bits per heavy atom. The van der Waals surface area contributed by atoms with Gasteiger partial charge in [0.05, 0.1) is 23.8 Å². The van der Waals surface area contributed by atoms with Gasteiger partial charge < -0.3 is 19.5 Å². The molecule has 0 aliphatic heterocycles. The zero-order valence-electron chi connectivity index (χ0n) is 17.6. The van der Waals surface area contributed by atoms with Crippen LogP contribution in [-0.4, -0.2) is 19.7 Å². The van der Waals surface area contributed by atoms with Crippen molar-refractivity contribution in [2.24, 2.45) is 0 Å². The number of methoxy groups -OCH3 is 1. The van der Waals surface area contributed by atoms with Gasteiger partial charge in [0.1, 0.15) is 6.61 Å². The van der Waals surface area contributed by atoms with Crippen molar-refractivity contribution in [2.75, 3.05) is 19.0 Å². The van der Waals surface area contributed by atoms with Crippen LogP contribution >= 0.6 is 39.1 Å². The van der Waals surface area contributed by atoms with Crippen molar-refractivity contribution in [3.8, 4) is 11.5 Å². The number of anilines is 1. The number of esters is 1. The molecule has 8 heteroatoms. The first-order chi connectivity index (χ1) is 15.4. The summed E-state index contributed by atoms with van der Waals surface area (Å²) in [4.78, 5) is 11.8. The summed E-state index contributed by atoms with van der Waals surface area (Å²) in [6, 6.07) is 16.3. The molecule has 0 aromatic heterocycles. The largest absolute Gasteiger partial charge is 0.493 e. The molecule has 0 amide bonds. The monoisotopic (exact) mass is 537 g/mol. The van der Waals surface area contributed by atoms with Gasteiger partial charge in [-0.15, -0.1) is 0 Å². The minimum Gasteiger partial charge on any atom is -0.493 e. The normalized spacial score (nSPS) is 10.5. The average molecular weight is 539 g/mol. The number of ether oxygens (including phenoxy) is 3. The lowest BCUT2D eigenvalue weighted by molar-refractivity contribution is 0.0526. The minimum absolute atomic E-state index is 0.206. The van der Waals surface area contributed by atoms with Gasteiger partial charge in [-0.05, 0) is 76.9 Å².